The summed E-state index contributed by atoms with van der Waals surface area (Å²) in [4.78, 5) is 28.7. The van der Waals surface area contributed by atoms with Gasteiger partial charge in [-0.05, 0) is 55.2 Å². The SMILES string of the molecule is O=C(C(O)c1ccc(Cl)cc1)N1CCC2(CCC(=O)N(C3CC3)C2)CC1. The molecule has 26 heavy (non-hydrogen) atoms. The van der Waals surface area contributed by atoms with Crippen LogP contribution in [0.3, 0.4) is 0 Å². The van der Waals surface area contributed by atoms with E-state index in [0.29, 0.717) is 42.0 Å². The van der Waals surface area contributed by atoms with Gasteiger partial charge in [0.1, 0.15) is 0 Å². The summed E-state index contributed by atoms with van der Waals surface area (Å²) >= 11 is 5.87. The average Bonchev–Trinajstić information content (AvgIpc) is 3.49. The first-order valence-corrected chi connectivity index (χ1v) is 9.87. The van der Waals surface area contributed by atoms with Crippen LogP contribution in [0.5, 0.6) is 0 Å². The number of aliphatic hydroxyl groups is 1. The van der Waals surface area contributed by atoms with E-state index in [1.165, 1.54) is 0 Å². The number of carbonyl (C=O) groups is 2. The molecular weight excluding hydrogens is 352 g/mol. The predicted octanol–water partition coefficient (Wildman–Crippen LogP) is 2.77. The van der Waals surface area contributed by atoms with Gasteiger partial charge in [0.15, 0.2) is 6.10 Å². The number of aliphatic hydroxyl groups excluding tert-OH is 1. The zero-order valence-electron chi connectivity index (χ0n) is 14.9. The molecular formula is C20H25ClN2O3. The molecule has 1 unspecified atom stereocenters. The summed E-state index contributed by atoms with van der Waals surface area (Å²) in [5.74, 6) is 0.0582. The van der Waals surface area contributed by atoms with Crippen LogP contribution in [0, 0.1) is 5.41 Å². The number of benzene rings is 1. The van der Waals surface area contributed by atoms with Gasteiger partial charge in [0.05, 0.1) is 0 Å². The van der Waals surface area contributed by atoms with Crippen LogP contribution in [-0.2, 0) is 9.59 Å². The molecule has 1 atom stereocenters. The average molecular weight is 377 g/mol. The van der Waals surface area contributed by atoms with E-state index in [0.717, 1.165) is 38.6 Å². The van der Waals surface area contributed by atoms with Crippen molar-refractivity contribution in [2.45, 2.75) is 50.7 Å². The molecule has 1 spiro atoms. The minimum atomic E-state index is -1.14. The Kier molecular flexibility index (Phi) is 4.70. The molecule has 140 valence electrons. The smallest absolute Gasteiger partial charge is 0.256 e. The van der Waals surface area contributed by atoms with Gasteiger partial charge in [-0.2, -0.15) is 0 Å². The third-order valence-corrected chi connectivity index (χ3v) is 6.49. The van der Waals surface area contributed by atoms with Gasteiger partial charge in [0.2, 0.25) is 5.91 Å². The van der Waals surface area contributed by atoms with Crippen LogP contribution in [0.25, 0.3) is 0 Å². The Morgan fingerprint density at radius 2 is 1.81 bits per heavy atom. The second-order valence-corrected chi connectivity index (χ2v) is 8.47. The monoisotopic (exact) mass is 376 g/mol. The highest BCUT2D eigenvalue weighted by Crippen LogP contribution is 2.43. The number of hydrogen-bond donors (Lipinski definition) is 1. The maximum atomic E-state index is 12.7. The Bertz CT molecular complexity index is 694. The number of amides is 2. The van der Waals surface area contributed by atoms with E-state index >= 15 is 0 Å². The van der Waals surface area contributed by atoms with E-state index in [-0.39, 0.29) is 11.3 Å². The molecule has 1 aromatic rings. The van der Waals surface area contributed by atoms with Crippen molar-refractivity contribution in [1.29, 1.82) is 0 Å². The number of rotatable bonds is 3. The Balaban J connectivity index is 1.37. The predicted molar refractivity (Wildman–Crippen MR) is 98.6 cm³/mol. The lowest BCUT2D eigenvalue weighted by atomic mass is 9.72. The molecule has 2 amide bonds. The van der Waals surface area contributed by atoms with Crippen LogP contribution in [0.15, 0.2) is 24.3 Å². The molecule has 1 N–H and O–H groups in total. The number of likely N-dealkylation sites (tertiary alicyclic amines) is 2. The highest BCUT2D eigenvalue weighted by atomic mass is 35.5. The minimum absolute atomic E-state index is 0.151. The fourth-order valence-corrected chi connectivity index (χ4v) is 4.46. The van der Waals surface area contributed by atoms with Gasteiger partial charge < -0.3 is 14.9 Å². The Labute approximate surface area is 158 Å². The summed E-state index contributed by atoms with van der Waals surface area (Å²) in [7, 11) is 0. The molecule has 2 saturated heterocycles. The number of halogens is 1. The number of hydrogen-bond acceptors (Lipinski definition) is 3. The number of carbonyl (C=O) groups excluding carboxylic acids is 2. The van der Waals surface area contributed by atoms with Gasteiger partial charge in [-0.15, -0.1) is 0 Å². The molecule has 2 heterocycles. The first-order valence-electron chi connectivity index (χ1n) is 9.49. The molecule has 1 saturated carbocycles. The topological polar surface area (TPSA) is 60.9 Å². The number of nitrogens with zero attached hydrogens (tertiary/aromatic N) is 2. The Morgan fingerprint density at radius 1 is 1.15 bits per heavy atom. The van der Waals surface area contributed by atoms with Crippen molar-refractivity contribution in [1.82, 2.24) is 9.80 Å². The molecule has 1 aromatic carbocycles. The molecule has 0 aromatic heterocycles. The van der Waals surface area contributed by atoms with Crippen LogP contribution >= 0.6 is 11.6 Å². The Hall–Kier alpha value is -1.59. The summed E-state index contributed by atoms with van der Waals surface area (Å²) in [6.45, 7) is 2.14. The molecule has 4 rings (SSSR count). The maximum Gasteiger partial charge on any atom is 0.256 e. The van der Waals surface area contributed by atoms with Gasteiger partial charge in [-0.1, -0.05) is 23.7 Å². The summed E-state index contributed by atoms with van der Waals surface area (Å²) in [6.07, 6.45) is 4.51. The normalized spacial score (nSPS) is 24.0. The second-order valence-electron chi connectivity index (χ2n) is 8.03. The van der Waals surface area contributed by atoms with Gasteiger partial charge in [-0.3, -0.25) is 9.59 Å². The van der Waals surface area contributed by atoms with Gasteiger partial charge in [0.25, 0.3) is 5.91 Å². The second kappa shape index (κ2) is 6.86. The van der Waals surface area contributed by atoms with Crippen LogP contribution in [0.4, 0.5) is 0 Å². The molecule has 3 fully saturated rings. The molecule has 0 bridgehead atoms. The molecule has 1 aliphatic carbocycles. The fraction of sp³-hybridized carbons (Fsp3) is 0.600. The van der Waals surface area contributed by atoms with Gasteiger partial charge in [0, 0.05) is 37.1 Å². The quantitative estimate of drug-likeness (QED) is 0.882. The summed E-state index contributed by atoms with van der Waals surface area (Å²) in [5.41, 5.74) is 0.723. The van der Waals surface area contributed by atoms with E-state index < -0.39 is 6.10 Å². The molecule has 5 nitrogen and oxygen atoms in total. The largest absolute Gasteiger partial charge is 0.378 e. The third kappa shape index (κ3) is 3.47. The molecule has 0 radical (unpaired) electrons. The van der Waals surface area contributed by atoms with E-state index in [9.17, 15) is 14.7 Å². The van der Waals surface area contributed by atoms with E-state index in [2.05, 4.69) is 4.90 Å². The van der Waals surface area contributed by atoms with Gasteiger partial charge in [-0.25, -0.2) is 0 Å². The minimum Gasteiger partial charge on any atom is -0.378 e. The third-order valence-electron chi connectivity index (χ3n) is 6.24. The van der Waals surface area contributed by atoms with Crippen molar-refractivity contribution < 1.29 is 14.7 Å². The van der Waals surface area contributed by atoms with E-state index in [1.54, 1.807) is 29.2 Å². The van der Waals surface area contributed by atoms with E-state index in [4.69, 9.17) is 11.6 Å². The zero-order valence-corrected chi connectivity index (χ0v) is 15.6. The summed E-state index contributed by atoms with van der Waals surface area (Å²) in [6, 6.07) is 7.22. The molecule has 3 aliphatic rings. The summed E-state index contributed by atoms with van der Waals surface area (Å²) < 4.78 is 0. The zero-order chi connectivity index (χ0) is 18.3. The van der Waals surface area contributed by atoms with Crippen molar-refractivity contribution >= 4 is 23.4 Å². The van der Waals surface area contributed by atoms with Crippen molar-refractivity contribution in [2.24, 2.45) is 5.41 Å². The lowest BCUT2D eigenvalue weighted by Crippen LogP contribution is -2.53. The fourth-order valence-electron chi connectivity index (χ4n) is 4.33. The van der Waals surface area contributed by atoms with Crippen molar-refractivity contribution in [2.75, 3.05) is 19.6 Å². The van der Waals surface area contributed by atoms with Crippen molar-refractivity contribution in [3.63, 3.8) is 0 Å². The van der Waals surface area contributed by atoms with Crippen LogP contribution in [-0.4, -0.2) is 52.4 Å². The van der Waals surface area contributed by atoms with Gasteiger partial charge >= 0.3 is 0 Å². The Morgan fingerprint density at radius 3 is 2.42 bits per heavy atom. The summed E-state index contributed by atoms with van der Waals surface area (Å²) in [5, 5.41) is 11.0. The number of piperidine rings is 2. The van der Waals surface area contributed by atoms with Crippen molar-refractivity contribution in [3.8, 4) is 0 Å². The molecule has 6 heteroatoms. The first kappa shape index (κ1) is 17.8. The highest BCUT2D eigenvalue weighted by molar-refractivity contribution is 6.30. The van der Waals surface area contributed by atoms with Crippen LogP contribution < -0.4 is 0 Å². The lowest BCUT2D eigenvalue weighted by molar-refractivity contribution is -0.147. The molecule has 2 aliphatic heterocycles. The van der Waals surface area contributed by atoms with Crippen LogP contribution in [0.1, 0.15) is 50.2 Å². The first-order chi connectivity index (χ1) is 12.5. The lowest BCUT2D eigenvalue weighted by Gasteiger charge is -2.47. The highest BCUT2D eigenvalue weighted by Gasteiger charge is 2.45. The van der Waals surface area contributed by atoms with Crippen molar-refractivity contribution in [3.05, 3.63) is 34.9 Å². The maximum absolute atomic E-state index is 12.7. The van der Waals surface area contributed by atoms with E-state index in [1.807, 2.05) is 0 Å². The van der Waals surface area contributed by atoms with Crippen LogP contribution in [0.2, 0.25) is 5.02 Å². The standard InChI is InChI=1S/C20H25ClN2O3/c21-15-3-1-14(2-4-15)18(25)19(26)22-11-9-20(10-12-22)8-7-17(24)23(13-20)16-5-6-16/h1-4,16,18,25H,5-13H2.